The van der Waals surface area contributed by atoms with E-state index >= 15 is 0 Å². The molecule has 0 bridgehead atoms. The van der Waals surface area contributed by atoms with E-state index in [0.29, 0.717) is 18.0 Å². The molecule has 0 aliphatic rings. The fraction of sp³-hybridized carbons (Fsp3) is 0.333. The summed E-state index contributed by atoms with van der Waals surface area (Å²) in [5.74, 6) is 0.866. The van der Waals surface area contributed by atoms with Crippen molar-refractivity contribution in [2.75, 3.05) is 14.2 Å². The van der Waals surface area contributed by atoms with Gasteiger partial charge in [0.15, 0.2) is 11.5 Å². The van der Waals surface area contributed by atoms with Crippen molar-refractivity contribution >= 4 is 0 Å². The van der Waals surface area contributed by atoms with Crippen molar-refractivity contribution in [1.29, 1.82) is 0 Å². The van der Waals surface area contributed by atoms with Crippen LogP contribution in [0.4, 0.5) is 0 Å². The van der Waals surface area contributed by atoms with E-state index in [9.17, 15) is 5.11 Å². The maximum Gasteiger partial charge on any atom is 0.203 e. The summed E-state index contributed by atoms with van der Waals surface area (Å²) in [6.45, 7) is 0.355. The van der Waals surface area contributed by atoms with Crippen LogP contribution in [0.3, 0.4) is 0 Å². The number of phenols is 1. The quantitative estimate of drug-likeness (QED) is 0.729. The Morgan fingerprint density at radius 2 is 2.00 bits per heavy atom. The second-order valence-corrected chi connectivity index (χ2v) is 2.55. The second kappa shape index (κ2) is 4.00. The highest BCUT2D eigenvalue weighted by Gasteiger charge is 2.10. The molecule has 4 heteroatoms. The highest BCUT2D eigenvalue weighted by Crippen LogP contribution is 2.37. The Morgan fingerprint density at radius 1 is 1.31 bits per heavy atom. The molecule has 1 aromatic rings. The number of hydrogen-bond acceptors (Lipinski definition) is 4. The first kappa shape index (κ1) is 9.67. The maximum absolute atomic E-state index is 9.47. The molecule has 0 atom stereocenters. The van der Waals surface area contributed by atoms with Gasteiger partial charge in [-0.1, -0.05) is 0 Å². The van der Waals surface area contributed by atoms with Gasteiger partial charge in [0.1, 0.15) is 0 Å². The molecule has 0 fully saturated rings. The molecule has 0 amide bonds. The zero-order valence-corrected chi connectivity index (χ0v) is 7.70. The van der Waals surface area contributed by atoms with Gasteiger partial charge < -0.3 is 20.3 Å². The first-order valence-electron chi connectivity index (χ1n) is 3.86. The Morgan fingerprint density at radius 3 is 2.46 bits per heavy atom. The number of rotatable bonds is 3. The summed E-state index contributed by atoms with van der Waals surface area (Å²) in [5.41, 5.74) is 6.23. The molecule has 0 aromatic heterocycles. The van der Waals surface area contributed by atoms with Gasteiger partial charge in [0.05, 0.1) is 14.2 Å². The summed E-state index contributed by atoms with van der Waals surface area (Å²) < 4.78 is 9.97. The summed E-state index contributed by atoms with van der Waals surface area (Å²) in [4.78, 5) is 0. The molecule has 3 N–H and O–H groups in total. The number of methoxy groups -OCH3 is 2. The van der Waals surface area contributed by atoms with Gasteiger partial charge in [-0.05, 0) is 17.7 Å². The lowest BCUT2D eigenvalue weighted by Gasteiger charge is -2.10. The van der Waals surface area contributed by atoms with Crippen molar-refractivity contribution < 1.29 is 14.6 Å². The van der Waals surface area contributed by atoms with E-state index in [-0.39, 0.29) is 5.75 Å². The van der Waals surface area contributed by atoms with Crippen LogP contribution >= 0.6 is 0 Å². The largest absolute Gasteiger partial charge is 0.504 e. The predicted molar refractivity (Wildman–Crippen MR) is 49.1 cm³/mol. The minimum Gasteiger partial charge on any atom is -0.504 e. The van der Waals surface area contributed by atoms with Crippen LogP contribution in [-0.4, -0.2) is 19.3 Å². The van der Waals surface area contributed by atoms with Crippen molar-refractivity contribution in [2.45, 2.75) is 6.54 Å². The van der Waals surface area contributed by atoms with Crippen molar-refractivity contribution in [3.8, 4) is 17.2 Å². The van der Waals surface area contributed by atoms with Crippen LogP contribution in [0.1, 0.15) is 5.56 Å². The average Bonchev–Trinajstić information content (AvgIpc) is 2.16. The SMILES string of the molecule is COc1cc(CN)cc(O)c1OC. The van der Waals surface area contributed by atoms with E-state index in [2.05, 4.69) is 0 Å². The minimum absolute atomic E-state index is 0.0438. The van der Waals surface area contributed by atoms with Crippen LogP contribution < -0.4 is 15.2 Å². The Labute approximate surface area is 76.9 Å². The van der Waals surface area contributed by atoms with Gasteiger partial charge in [-0.25, -0.2) is 0 Å². The lowest BCUT2D eigenvalue weighted by molar-refractivity contribution is 0.332. The third-order valence-electron chi connectivity index (χ3n) is 1.75. The highest BCUT2D eigenvalue weighted by atomic mass is 16.5. The van der Waals surface area contributed by atoms with Crippen LogP contribution in [0, 0.1) is 0 Å². The number of phenolic OH excluding ortho intramolecular Hbond substituents is 1. The number of nitrogens with two attached hydrogens (primary N) is 1. The molecule has 1 rings (SSSR count). The van der Waals surface area contributed by atoms with Crippen LogP contribution in [0.15, 0.2) is 12.1 Å². The van der Waals surface area contributed by atoms with Gasteiger partial charge in [-0.15, -0.1) is 0 Å². The summed E-state index contributed by atoms with van der Waals surface area (Å²) >= 11 is 0. The van der Waals surface area contributed by atoms with E-state index < -0.39 is 0 Å². The molecular weight excluding hydrogens is 170 g/mol. The van der Waals surface area contributed by atoms with Gasteiger partial charge in [0.2, 0.25) is 5.75 Å². The Balaban J connectivity index is 3.20. The summed E-state index contributed by atoms with van der Waals surface area (Å²) in [6, 6.07) is 3.29. The fourth-order valence-corrected chi connectivity index (χ4v) is 1.12. The molecule has 72 valence electrons. The normalized spacial score (nSPS) is 9.77. The van der Waals surface area contributed by atoms with E-state index in [1.165, 1.54) is 14.2 Å². The van der Waals surface area contributed by atoms with Gasteiger partial charge in [-0.2, -0.15) is 0 Å². The van der Waals surface area contributed by atoms with Crippen molar-refractivity contribution in [1.82, 2.24) is 0 Å². The van der Waals surface area contributed by atoms with Crippen LogP contribution in [0.5, 0.6) is 17.2 Å². The molecule has 1 aromatic carbocycles. The molecule has 0 aliphatic heterocycles. The smallest absolute Gasteiger partial charge is 0.203 e. The molecule has 13 heavy (non-hydrogen) atoms. The topological polar surface area (TPSA) is 64.7 Å². The Kier molecular flexibility index (Phi) is 2.97. The van der Waals surface area contributed by atoms with Crippen molar-refractivity contribution in [2.24, 2.45) is 5.73 Å². The van der Waals surface area contributed by atoms with Crippen molar-refractivity contribution in [3.05, 3.63) is 17.7 Å². The monoisotopic (exact) mass is 183 g/mol. The second-order valence-electron chi connectivity index (χ2n) is 2.55. The minimum atomic E-state index is 0.0438. The summed E-state index contributed by atoms with van der Waals surface area (Å²) in [6.07, 6.45) is 0. The van der Waals surface area contributed by atoms with Crippen molar-refractivity contribution in [3.63, 3.8) is 0 Å². The van der Waals surface area contributed by atoms with Gasteiger partial charge in [0, 0.05) is 6.54 Å². The number of ether oxygens (including phenoxy) is 2. The number of aromatic hydroxyl groups is 1. The first-order valence-corrected chi connectivity index (χ1v) is 3.86. The zero-order chi connectivity index (χ0) is 9.84. The molecule has 0 aliphatic carbocycles. The number of benzene rings is 1. The van der Waals surface area contributed by atoms with Gasteiger partial charge >= 0.3 is 0 Å². The van der Waals surface area contributed by atoms with E-state index in [1.807, 2.05) is 0 Å². The number of hydrogen-bond donors (Lipinski definition) is 2. The van der Waals surface area contributed by atoms with E-state index in [0.717, 1.165) is 5.56 Å². The molecule has 0 saturated carbocycles. The first-order chi connectivity index (χ1) is 6.22. The molecule has 0 spiro atoms. The molecule has 0 unspecified atom stereocenters. The molecular formula is C9H13NO3. The predicted octanol–water partition coefficient (Wildman–Crippen LogP) is 0.868. The lowest BCUT2D eigenvalue weighted by Crippen LogP contribution is -1.98. The van der Waals surface area contributed by atoms with E-state index in [4.69, 9.17) is 15.2 Å². The molecule has 0 heterocycles. The fourth-order valence-electron chi connectivity index (χ4n) is 1.12. The highest BCUT2D eigenvalue weighted by molar-refractivity contribution is 5.52. The third kappa shape index (κ3) is 1.84. The zero-order valence-electron chi connectivity index (χ0n) is 7.70. The van der Waals surface area contributed by atoms with Gasteiger partial charge in [-0.3, -0.25) is 0 Å². The summed E-state index contributed by atoms with van der Waals surface area (Å²) in [7, 11) is 2.98. The van der Waals surface area contributed by atoms with Crippen LogP contribution in [0.2, 0.25) is 0 Å². The molecule has 4 nitrogen and oxygen atoms in total. The van der Waals surface area contributed by atoms with Gasteiger partial charge in [0.25, 0.3) is 0 Å². The molecule has 0 radical (unpaired) electrons. The van der Waals surface area contributed by atoms with Crippen LogP contribution in [0.25, 0.3) is 0 Å². The standard InChI is InChI=1S/C9H13NO3/c1-12-8-4-6(5-10)3-7(11)9(8)13-2/h3-4,11H,5,10H2,1-2H3. The Bertz CT molecular complexity index is 299. The Hall–Kier alpha value is -1.42. The maximum atomic E-state index is 9.47. The average molecular weight is 183 g/mol. The lowest BCUT2D eigenvalue weighted by atomic mass is 10.2. The summed E-state index contributed by atoms with van der Waals surface area (Å²) in [5, 5.41) is 9.47. The van der Waals surface area contributed by atoms with Crippen LogP contribution in [-0.2, 0) is 6.54 Å². The van der Waals surface area contributed by atoms with E-state index in [1.54, 1.807) is 12.1 Å². The third-order valence-corrected chi connectivity index (χ3v) is 1.75. The molecule has 0 saturated heterocycles.